The van der Waals surface area contributed by atoms with Crippen LogP contribution in [0, 0.1) is 0 Å². The molecule has 4 heteroatoms. The van der Waals surface area contributed by atoms with Gasteiger partial charge in [-0.05, 0) is 61.4 Å². The lowest BCUT2D eigenvalue weighted by atomic mass is 10.0. The molecule has 1 unspecified atom stereocenters. The van der Waals surface area contributed by atoms with Gasteiger partial charge >= 0.3 is 0 Å². The molecule has 0 bridgehead atoms. The summed E-state index contributed by atoms with van der Waals surface area (Å²) in [5.41, 5.74) is 6.19. The third-order valence-electron chi connectivity index (χ3n) is 8.49. The largest absolute Gasteiger partial charge is 0.307 e. The third kappa shape index (κ3) is 4.16. The Hall–Kier alpha value is -4.82. The van der Waals surface area contributed by atoms with Gasteiger partial charge in [0, 0.05) is 27.8 Å². The van der Waals surface area contributed by atoms with E-state index in [1.807, 2.05) is 24.3 Å². The van der Waals surface area contributed by atoms with E-state index >= 15 is 0 Å². The van der Waals surface area contributed by atoms with Crippen molar-refractivity contribution in [3.63, 3.8) is 0 Å². The highest BCUT2D eigenvalue weighted by Crippen LogP contribution is 2.61. The Kier molecular flexibility index (Phi) is 6.30. The number of aromatic nitrogens is 2. The maximum Gasteiger partial charge on any atom is 0.238 e. The molecule has 0 radical (unpaired) electrons. The van der Waals surface area contributed by atoms with Crippen molar-refractivity contribution in [3.8, 4) is 16.9 Å². The second-order valence-corrected chi connectivity index (χ2v) is 13.8. The summed E-state index contributed by atoms with van der Waals surface area (Å²) in [4.78, 5) is 18.0. The van der Waals surface area contributed by atoms with Crippen molar-refractivity contribution >= 4 is 50.8 Å². The van der Waals surface area contributed by atoms with Crippen molar-refractivity contribution in [2.45, 2.75) is 12.8 Å². The Bertz CT molecular complexity index is 2200. The summed E-state index contributed by atoms with van der Waals surface area (Å²) in [7, 11) is -2.86. The van der Waals surface area contributed by atoms with Crippen molar-refractivity contribution < 1.29 is 4.89 Å². The number of fused-ring (bicyclic) bond motifs is 5. The van der Waals surface area contributed by atoms with Crippen molar-refractivity contribution in [1.29, 1.82) is 0 Å². The highest BCUT2D eigenvalue weighted by molar-refractivity contribution is 7.88. The van der Waals surface area contributed by atoms with E-state index in [1.54, 1.807) is 0 Å². The molecule has 0 fully saturated rings. The van der Waals surface area contributed by atoms with Crippen LogP contribution in [0.15, 0.2) is 157 Å². The van der Waals surface area contributed by atoms with Crippen LogP contribution in [0.2, 0.25) is 0 Å². The highest BCUT2D eigenvalue weighted by Gasteiger charge is 2.45. The van der Waals surface area contributed by atoms with Gasteiger partial charge in [-0.3, -0.25) is 0 Å². The molecule has 0 amide bonds. The van der Waals surface area contributed by atoms with E-state index in [-0.39, 0.29) is 0 Å². The normalized spacial score (nSPS) is 14.7. The number of hydrogen-bond donors (Lipinski definition) is 1. The van der Waals surface area contributed by atoms with Crippen LogP contribution < -0.4 is 10.6 Å². The molecule has 1 N–H and O–H groups in total. The topological polar surface area (TPSA) is 38.0 Å². The molecular formula is C39H30N2OP+. The van der Waals surface area contributed by atoms with E-state index in [4.69, 9.17) is 4.98 Å². The molecule has 8 rings (SSSR count). The predicted octanol–water partition coefficient (Wildman–Crippen LogP) is 9.11. The Morgan fingerprint density at radius 2 is 1.35 bits per heavy atom. The monoisotopic (exact) mass is 573 g/mol. The summed E-state index contributed by atoms with van der Waals surface area (Å²) in [6, 6.07) is 46.2. The Labute approximate surface area is 251 Å². The molecule has 0 aliphatic heterocycles. The molecule has 1 aliphatic rings. The Balaban J connectivity index is 1.47. The van der Waals surface area contributed by atoms with Gasteiger partial charge in [-0.1, -0.05) is 97.1 Å². The summed E-state index contributed by atoms with van der Waals surface area (Å²) in [6.07, 6.45) is 8.47. The molecular weight excluding hydrogens is 543 g/mol. The molecule has 0 saturated heterocycles. The summed E-state index contributed by atoms with van der Waals surface area (Å²) in [6.45, 7) is 0. The molecule has 1 aliphatic carbocycles. The minimum absolute atomic E-state index is 0.937. The third-order valence-corrected chi connectivity index (χ3v) is 11.6. The number of rotatable bonds is 5. The number of hydrogen-bond acceptors (Lipinski definition) is 2. The maximum absolute atomic E-state index is 12.8. The van der Waals surface area contributed by atoms with Crippen LogP contribution in [0.1, 0.15) is 12.8 Å². The molecule has 2 heterocycles. The van der Waals surface area contributed by atoms with Crippen LogP contribution in [0.3, 0.4) is 0 Å². The average Bonchev–Trinajstić information content (AvgIpc) is 3.44. The number of nitrogens with zero attached hydrogens (tertiary/aromatic N) is 2. The van der Waals surface area contributed by atoms with Crippen LogP contribution in [0.25, 0.3) is 49.7 Å². The Morgan fingerprint density at radius 3 is 2.14 bits per heavy atom. The standard InChI is InChI=1S/C39H30N2OP/c42-43(30-18-6-2-7-19-30,31-20-8-3-9-21-31)32-22-14-17-29(27-32)41-36-26-13-11-24-34(36)37-33-23-10-12-25-35(33)40-38(39(37)41)28-15-4-1-5-16-28/h1-2,4-8,10-27,42H,3,9H2/q+1. The molecule has 43 heavy (non-hydrogen) atoms. The second kappa shape index (κ2) is 10.5. The summed E-state index contributed by atoms with van der Waals surface area (Å²) in [5.74, 6) is 0. The number of para-hydroxylation sites is 2. The maximum atomic E-state index is 12.8. The van der Waals surface area contributed by atoms with E-state index < -0.39 is 7.49 Å². The van der Waals surface area contributed by atoms with Crippen LogP contribution in [-0.2, 0) is 0 Å². The zero-order valence-electron chi connectivity index (χ0n) is 23.6. The fourth-order valence-corrected chi connectivity index (χ4v) is 9.36. The van der Waals surface area contributed by atoms with Gasteiger partial charge in [-0.25, -0.2) is 9.88 Å². The number of allylic oxidation sites excluding steroid dienone is 4. The van der Waals surface area contributed by atoms with Crippen molar-refractivity contribution in [2.24, 2.45) is 0 Å². The summed E-state index contributed by atoms with van der Waals surface area (Å²) in [5, 5.41) is 6.43. The van der Waals surface area contributed by atoms with Gasteiger partial charge in [0.15, 0.2) is 0 Å². The van der Waals surface area contributed by atoms with Crippen LogP contribution in [-0.4, -0.2) is 14.4 Å². The first-order chi connectivity index (χ1) is 21.2. The molecule has 1 atom stereocenters. The lowest BCUT2D eigenvalue weighted by molar-refractivity contribution is 0.630. The van der Waals surface area contributed by atoms with Gasteiger partial charge in [-0.2, -0.15) is 0 Å². The van der Waals surface area contributed by atoms with Crippen LogP contribution in [0.5, 0.6) is 0 Å². The molecule has 7 aromatic rings. The molecule has 5 aromatic carbocycles. The highest BCUT2D eigenvalue weighted by atomic mass is 31.2. The minimum Gasteiger partial charge on any atom is -0.307 e. The molecule has 0 spiro atoms. The smallest absolute Gasteiger partial charge is 0.238 e. The van der Waals surface area contributed by atoms with Crippen LogP contribution in [0.4, 0.5) is 0 Å². The summed E-state index contributed by atoms with van der Waals surface area (Å²) >= 11 is 0. The fourth-order valence-electron chi connectivity index (χ4n) is 6.52. The van der Waals surface area contributed by atoms with E-state index in [2.05, 4.69) is 132 Å². The van der Waals surface area contributed by atoms with E-state index in [9.17, 15) is 4.89 Å². The number of pyridine rings is 1. The van der Waals surface area contributed by atoms with Gasteiger partial charge < -0.3 is 4.57 Å². The lowest BCUT2D eigenvalue weighted by Crippen LogP contribution is -2.23. The van der Waals surface area contributed by atoms with Gasteiger partial charge in [-0.15, -0.1) is 0 Å². The number of benzene rings is 5. The zero-order chi connectivity index (χ0) is 28.8. The van der Waals surface area contributed by atoms with Gasteiger partial charge in [0.25, 0.3) is 0 Å². The first kappa shape index (κ1) is 25.9. The second-order valence-electron chi connectivity index (χ2n) is 11.0. The van der Waals surface area contributed by atoms with E-state index in [0.29, 0.717) is 0 Å². The lowest BCUT2D eigenvalue weighted by Gasteiger charge is -2.23. The fraction of sp³-hybridized carbons (Fsp3) is 0.0513. The zero-order valence-corrected chi connectivity index (χ0v) is 24.5. The van der Waals surface area contributed by atoms with Crippen LogP contribution >= 0.6 is 7.49 Å². The molecule has 206 valence electrons. The van der Waals surface area contributed by atoms with Crippen molar-refractivity contribution in [2.75, 3.05) is 0 Å². The Morgan fingerprint density at radius 1 is 0.651 bits per heavy atom. The summed E-state index contributed by atoms with van der Waals surface area (Å²) < 4.78 is 2.34. The first-order valence-electron chi connectivity index (χ1n) is 14.8. The van der Waals surface area contributed by atoms with E-state index in [1.165, 1.54) is 10.8 Å². The molecule has 3 nitrogen and oxygen atoms in total. The first-order valence-corrected chi connectivity index (χ1v) is 16.5. The predicted molar refractivity (Wildman–Crippen MR) is 183 cm³/mol. The van der Waals surface area contributed by atoms with Crippen molar-refractivity contribution in [1.82, 2.24) is 9.55 Å². The average molecular weight is 574 g/mol. The molecule has 0 saturated carbocycles. The quantitative estimate of drug-likeness (QED) is 0.209. The molecule has 2 aromatic heterocycles. The van der Waals surface area contributed by atoms with Gasteiger partial charge in [0.2, 0.25) is 7.49 Å². The van der Waals surface area contributed by atoms with Crippen molar-refractivity contribution in [3.05, 3.63) is 157 Å². The van der Waals surface area contributed by atoms with Gasteiger partial charge in [0.1, 0.15) is 15.9 Å². The van der Waals surface area contributed by atoms with Gasteiger partial charge in [0.05, 0.1) is 27.9 Å². The minimum atomic E-state index is -2.86. The SMILES string of the molecule is O[P+](C1=CCCC=C1)(c1ccccc1)c1cccc(-n2c3ccccc3c3c4ccccc4nc(-c4ccccc4)c32)c1. The van der Waals surface area contributed by atoms with E-state index in [0.717, 1.165) is 67.6 Å².